The van der Waals surface area contributed by atoms with Gasteiger partial charge in [-0.05, 0) is 49.6 Å². The molecule has 0 aliphatic heterocycles. The molecule has 1 aromatic carbocycles. The van der Waals surface area contributed by atoms with E-state index in [1.807, 2.05) is 6.07 Å². The van der Waals surface area contributed by atoms with Crippen LogP contribution < -0.4 is 0 Å². The minimum absolute atomic E-state index is 0.166. The third-order valence-corrected chi connectivity index (χ3v) is 5.18. The van der Waals surface area contributed by atoms with E-state index >= 15 is 0 Å². The standard InChI is InChI=1S/C14H14BrFS/c1-9-6-14(17-10(9)2)13(15)8-11-4-3-5-12(16)7-11/h3-7,13H,8H2,1-2H3. The minimum atomic E-state index is -0.166. The lowest BCUT2D eigenvalue weighted by Gasteiger charge is -2.07. The summed E-state index contributed by atoms with van der Waals surface area (Å²) in [7, 11) is 0. The second kappa shape index (κ2) is 5.32. The number of thiophene rings is 1. The van der Waals surface area contributed by atoms with E-state index in [4.69, 9.17) is 0 Å². The molecule has 90 valence electrons. The van der Waals surface area contributed by atoms with Crippen molar-refractivity contribution in [2.24, 2.45) is 0 Å². The fraction of sp³-hybridized carbons (Fsp3) is 0.286. The van der Waals surface area contributed by atoms with E-state index in [9.17, 15) is 4.39 Å². The maximum Gasteiger partial charge on any atom is 0.123 e. The van der Waals surface area contributed by atoms with Crippen molar-refractivity contribution in [3.63, 3.8) is 0 Å². The van der Waals surface area contributed by atoms with Gasteiger partial charge in [0.1, 0.15) is 5.82 Å². The van der Waals surface area contributed by atoms with Crippen LogP contribution in [0.1, 0.15) is 25.7 Å². The van der Waals surface area contributed by atoms with Crippen molar-refractivity contribution in [1.29, 1.82) is 0 Å². The number of halogens is 2. The average Bonchev–Trinajstić information content (AvgIpc) is 2.59. The predicted octanol–water partition coefficient (Wildman–Crippen LogP) is 5.18. The molecule has 0 nitrogen and oxygen atoms in total. The second-order valence-electron chi connectivity index (χ2n) is 4.19. The second-order valence-corrected chi connectivity index (χ2v) is 6.58. The average molecular weight is 313 g/mol. The zero-order valence-electron chi connectivity index (χ0n) is 9.84. The number of hydrogen-bond donors (Lipinski definition) is 0. The van der Waals surface area contributed by atoms with Gasteiger partial charge in [0, 0.05) is 9.75 Å². The van der Waals surface area contributed by atoms with Crippen molar-refractivity contribution in [3.05, 3.63) is 57.0 Å². The maximum atomic E-state index is 13.1. The molecule has 17 heavy (non-hydrogen) atoms. The number of aryl methyl sites for hydroxylation is 2. The van der Waals surface area contributed by atoms with E-state index in [0.29, 0.717) is 0 Å². The summed E-state index contributed by atoms with van der Waals surface area (Å²) < 4.78 is 13.1. The zero-order valence-corrected chi connectivity index (χ0v) is 12.2. The summed E-state index contributed by atoms with van der Waals surface area (Å²) in [5.41, 5.74) is 2.35. The molecule has 2 aromatic rings. The SMILES string of the molecule is Cc1cc(C(Br)Cc2cccc(F)c2)sc1C. The lowest BCUT2D eigenvalue weighted by Crippen LogP contribution is -1.93. The quantitative estimate of drug-likeness (QED) is 0.685. The summed E-state index contributed by atoms with van der Waals surface area (Å²) in [4.78, 5) is 2.93. The fourth-order valence-electron chi connectivity index (χ4n) is 1.73. The molecule has 0 aliphatic rings. The van der Waals surface area contributed by atoms with Crippen LogP contribution in [0.3, 0.4) is 0 Å². The van der Waals surface area contributed by atoms with E-state index in [1.165, 1.54) is 21.4 Å². The lowest BCUT2D eigenvalue weighted by atomic mass is 10.1. The van der Waals surface area contributed by atoms with Gasteiger partial charge in [-0.3, -0.25) is 0 Å². The Hall–Kier alpha value is -0.670. The first-order chi connectivity index (χ1) is 8.06. The van der Waals surface area contributed by atoms with Crippen LogP contribution >= 0.6 is 27.3 Å². The molecule has 0 radical (unpaired) electrons. The molecule has 0 spiro atoms. The lowest BCUT2D eigenvalue weighted by molar-refractivity contribution is 0.625. The van der Waals surface area contributed by atoms with Crippen LogP contribution in [0.4, 0.5) is 4.39 Å². The molecule has 1 atom stereocenters. The zero-order chi connectivity index (χ0) is 12.4. The fourth-order valence-corrected chi connectivity index (χ4v) is 3.53. The van der Waals surface area contributed by atoms with Crippen LogP contribution in [0.5, 0.6) is 0 Å². The number of hydrogen-bond acceptors (Lipinski definition) is 1. The van der Waals surface area contributed by atoms with Gasteiger partial charge in [-0.25, -0.2) is 4.39 Å². The topological polar surface area (TPSA) is 0 Å². The highest BCUT2D eigenvalue weighted by Gasteiger charge is 2.12. The molecule has 0 N–H and O–H groups in total. The van der Waals surface area contributed by atoms with Gasteiger partial charge in [0.25, 0.3) is 0 Å². The van der Waals surface area contributed by atoms with E-state index in [2.05, 4.69) is 35.8 Å². The first-order valence-electron chi connectivity index (χ1n) is 5.51. The van der Waals surface area contributed by atoms with Gasteiger partial charge in [-0.2, -0.15) is 0 Å². The molecule has 1 unspecified atom stereocenters. The molecule has 1 aromatic heterocycles. The minimum Gasteiger partial charge on any atom is -0.207 e. The Morgan fingerprint density at radius 1 is 1.29 bits per heavy atom. The smallest absolute Gasteiger partial charge is 0.123 e. The van der Waals surface area contributed by atoms with E-state index in [1.54, 1.807) is 23.5 Å². The molecule has 0 saturated carbocycles. The Bertz CT molecular complexity index is 499. The Kier molecular flexibility index (Phi) is 4.00. The molecule has 1 heterocycles. The van der Waals surface area contributed by atoms with Crippen molar-refractivity contribution in [2.45, 2.75) is 25.1 Å². The van der Waals surface area contributed by atoms with E-state index in [0.717, 1.165) is 12.0 Å². The Morgan fingerprint density at radius 3 is 2.65 bits per heavy atom. The molecular weight excluding hydrogens is 299 g/mol. The molecular formula is C14H14BrFS. The molecule has 0 amide bonds. The summed E-state index contributed by atoms with van der Waals surface area (Å²) in [6.45, 7) is 4.25. The Balaban J connectivity index is 2.14. The molecule has 0 saturated heterocycles. The summed E-state index contributed by atoms with van der Waals surface area (Å²) >= 11 is 5.49. The molecule has 0 fully saturated rings. The summed E-state index contributed by atoms with van der Waals surface area (Å²) in [5.74, 6) is -0.166. The molecule has 2 rings (SSSR count). The summed E-state index contributed by atoms with van der Waals surface area (Å²) in [6, 6.07) is 9.01. The van der Waals surface area contributed by atoms with Crippen molar-refractivity contribution in [2.75, 3.05) is 0 Å². The highest BCUT2D eigenvalue weighted by molar-refractivity contribution is 9.09. The highest BCUT2D eigenvalue weighted by atomic mass is 79.9. The molecule has 3 heteroatoms. The van der Waals surface area contributed by atoms with Gasteiger partial charge in [0.2, 0.25) is 0 Å². The maximum absolute atomic E-state index is 13.1. The normalized spacial score (nSPS) is 12.7. The van der Waals surface area contributed by atoms with Gasteiger partial charge in [0.05, 0.1) is 4.83 Å². The first-order valence-corrected chi connectivity index (χ1v) is 7.25. The Morgan fingerprint density at radius 2 is 2.06 bits per heavy atom. The largest absolute Gasteiger partial charge is 0.207 e. The van der Waals surface area contributed by atoms with Crippen LogP contribution in [0.15, 0.2) is 30.3 Å². The van der Waals surface area contributed by atoms with Crippen LogP contribution in [0, 0.1) is 19.7 Å². The van der Waals surface area contributed by atoms with E-state index < -0.39 is 0 Å². The van der Waals surface area contributed by atoms with Crippen molar-refractivity contribution >= 4 is 27.3 Å². The molecule has 0 aliphatic carbocycles. The van der Waals surface area contributed by atoms with E-state index in [-0.39, 0.29) is 10.6 Å². The van der Waals surface area contributed by atoms with Crippen LogP contribution in [-0.4, -0.2) is 0 Å². The third kappa shape index (κ3) is 3.17. The van der Waals surface area contributed by atoms with Crippen molar-refractivity contribution < 1.29 is 4.39 Å². The van der Waals surface area contributed by atoms with Crippen molar-refractivity contribution in [1.82, 2.24) is 0 Å². The van der Waals surface area contributed by atoms with Gasteiger partial charge >= 0.3 is 0 Å². The van der Waals surface area contributed by atoms with Crippen LogP contribution in [-0.2, 0) is 6.42 Å². The summed E-state index contributed by atoms with van der Waals surface area (Å²) in [6.07, 6.45) is 0.817. The van der Waals surface area contributed by atoms with Crippen molar-refractivity contribution in [3.8, 4) is 0 Å². The van der Waals surface area contributed by atoms with Crippen LogP contribution in [0.2, 0.25) is 0 Å². The highest BCUT2D eigenvalue weighted by Crippen LogP contribution is 2.34. The predicted molar refractivity (Wildman–Crippen MR) is 75.6 cm³/mol. The third-order valence-electron chi connectivity index (χ3n) is 2.80. The number of alkyl halides is 1. The number of benzene rings is 1. The van der Waals surface area contributed by atoms with Gasteiger partial charge < -0.3 is 0 Å². The molecule has 0 bridgehead atoms. The Labute approximate surface area is 114 Å². The monoisotopic (exact) mass is 312 g/mol. The first kappa shape index (κ1) is 12.8. The summed E-state index contributed by atoms with van der Waals surface area (Å²) in [5, 5.41) is 0. The van der Waals surface area contributed by atoms with Gasteiger partial charge in [-0.15, -0.1) is 11.3 Å². The van der Waals surface area contributed by atoms with Gasteiger partial charge in [-0.1, -0.05) is 28.1 Å². The van der Waals surface area contributed by atoms with Crippen LogP contribution in [0.25, 0.3) is 0 Å². The number of rotatable bonds is 3. The van der Waals surface area contributed by atoms with Gasteiger partial charge in [0.15, 0.2) is 0 Å².